The van der Waals surface area contributed by atoms with Gasteiger partial charge in [0.2, 0.25) is 0 Å². The molecule has 0 saturated carbocycles. The highest BCUT2D eigenvalue weighted by Gasteiger charge is 2.14. The van der Waals surface area contributed by atoms with E-state index in [0.717, 1.165) is 12.1 Å². The number of benzene rings is 1. The molecule has 0 aliphatic carbocycles. The summed E-state index contributed by atoms with van der Waals surface area (Å²) in [4.78, 5) is 14.9. The van der Waals surface area contributed by atoms with Crippen LogP contribution in [0.15, 0.2) is 30.3 Å². The normalized spacial score (nSPS) is 10.3. The molecule has 20 heavy (non-hydrogen) atoms. The van der Waals surface area contributed by atoms with Gasteiger partial charge < -0.3 is 9.84 Å². The van der Waals surface area contributed by atoms with Gasteiger partial charge in [0.25, 0.3) is 0 Å². The number of nitrogens with zero attached hydrogens (tertiary/aromatic N) is 1. The number of carboxylic acids is 1. The zero-order chi connectivity index (χ0) is 14.7. The highest BCUT2D eigenvalue weighted by Crippen LogP contribution is 2.19. The quantitative estimate of drug-likeness (QED) is 0.934. The maximum absolute atomic E-state index is 13.4. The van der Waals surface area contributed by atoms with Gasteiger partial charge in [-0.15, -0.1) is 0 Å². The third-order valence-corrected chi connectivity index (χ3v) is 2.60. The number of pyridine rings is 1. The van der Waals surface area contributed by atoms with Gasteiger partial charge in [0, 0.05) is 17.3 Å². The first-order valence-electron chi connectivity index (χ1n) is 5.75. The van der Waals surface area contributed by atoms with Crippen LogP contribution in [-0.4, -0.2) is 16.1 Å². The zero-order valence-electron chi connectivity index (χ0n) is 10.6. The van der Waals surface area contributed by atoms with Crippen LogP contribution in [0.4, 0.5) is 8.78 Å². The first kappa shape index (κ1) is 13.9. The van der Waals surface area contributed by atoms with E-state index in [4.69, 9.17) is 9.84 Å². The number of rotatable bonds is 4. The fourth-order valence-corrected chi connectivity index (χ4v) is 1.61. The van der Waals surface area contributed by atoms with E-state index in [0.29, 0.717) is 5.69 Å². The van der Waals surface area contributed by atoms with Crippen molar-refractivity contribution in [2.45, 2.75) is 13.5 Å². The molecule has 104 valence electrons. The standard InChI is InChI=1S/C14H11F2NO3/c1-8-2-5-12(13(17-8)14(18)19)20-7-9-3-4-10(15)6-11(9)16/h2-6H,7H2,1H3,(H,18,19). The molecule has 0 bridgehead atoms. The molecule has 0 aliphatic rings. The summed E-state index contributed by atoms with van der Waals surface area (Å²) in [6.45, 7) is 1.44. The van der Waals surface area contributed by atoms with Crippen LogP contribution in [-0.2, 0) is 6.61 Å². The fraction of sp³-hybridized carbons (Fsp3) is 0.143. The smallest absolute Gasteiger partial charge is 0.358 e. The molecule has 0 saturated heterocycles. The minimum Gasteiger partial charge on any atom is -0.486 e. The molecule has 0 unspecified atom stereocenters. The maximum atomic E-state index is 13.4. The molecular weight excluding hydrogens is 268 g/mol. The SMILES string of the molecule is Cc1ccc(OCc2ccc(F)cc2F)c(C(=O)O)n1. The number of aromatic nitrogens is 1. The van der Waals surface area contributed by atoms with Crippen LogP contribution in [0.1, 0.15) is 21.7 Å². The predicted molar refractivity (Wildman–Crippen MR) is 66.6 cm³/mol. The Kier molecular flexibility index (Phi) is 3.93. The van der Waals surface area contributed by atoms with Crippen LogP contribution in [0, 0.1) is 18.6 Å². The summed E-state index contributed by atoms with van der Waals surface area (Å²) in [5.74, 6) is -2.63. The number of aryl methyl sites for hydroxylation is 1. The summed E-state index contributed by atoms with van der Waals surface area (Å²) in [6, 6.07) is 6.13. The van der Waals surface area contributed by atoms with Crippen molar-refractivity contribution in [3.05, 3.63) is 58.9 Å². The van der Waals surface area contributed by atoms with Crippen LogP contribution in [0.25, 0.3) is 0 Å². The number of halogens is 2. The molecule has 0 radical (unpaired) electrons. The van der Waals surface area contributed by atoms with Gasteiger partial charge in [-0.05, 0) is 31.2 Å². The molecule has 0 atom stereocenters. The Labute approximate surface area is 113 Å². The lowest BCUT2D eigenvalue weighted by molar-refractivity contribution is 0.0684. The Morgan fingerprint density at radius 3 is 2.70 bits per heavy atom. The van der Waals surface area contributed by atoms with E-state index >= 15 is 0 Å². The lowest BCUT2D eigenvalue weighted by atomic mass is 10.2. The highest BCUT2D eigenvalue weighted by atomic mass is 19.1. The van der Waals surface area contributed by atoms with Crippen LogP contribution < -0.4 is 4.74 Å². The molecular formula is C14H11F2NO3. The first-order chi connectivity index (χ1) is 9.47. The minimum absolute atomic E-state index is 0.0341. The van der Waals surface area contributed by atoms with Gasteiger partial charge in [0.1, 0.15) is 18.2 Å². The topological polar surface area (TPSA) is 59.4 Å². The summed E-state index contributed by atoms with van der Waals surface area (Å²) in [5.41, 5.74) is 0.415. The van der Waals surface area contributed by atoms with Crippen molar-refractivity contribution in [1.29, 1.82) is 0 Å². The molecule has 6 heteroatoms. The van der Waals surface area contributed by atoms with E-state index < -0.39 is 17.6 Å². The highest BCUT2D eigenvalue weighted by molar-refractivity contribution is 5.88. The Bertz CT molecular complexity index is 659. The van der Waals surface area contributed by atoms with Crippen molar-refractivity contribution in [3.8, 4) is 5.75 Å². The molecule has 0 amide bonds. The second-order valence-corrected chi connectivity index (χ2v) is 4.13. The maximum Gasteiger partial charge on any atom is 0.358 e. The molecule has 1 aromatic heterocycles. The van der Waals surface area contributed by atoms with Crippen molar-refractivity contribution in [2.75, 3.05) is 0 Å². The van der Waals surface area contributed by atoms with Crippen LogP contribution >= 0.6 is 0 Å². The summed E-state index contributed by atoms with van der Waals surface area (Å²) >= 11 is 0. The largest absolute Gasteiger partial charge is 0.486 e. The predicted octanol–water partition coefficient (Wildman–Crippen LogP) is 2.95. The Morgan fingerprint density at radius 2 is 2.05 bits per heavy atom. The van der Waals surface area contributed by atoms with E-state index in [1.165, 1.54) is 12.1 Å². The van der Waals surface area contributed by atoms with Crippen LogP contribution in [0.2, 0.25) is 0 Å². The van der Waals surface area contributed by atoms with Gasteiger partial charge in [-0.3, -0.25) is 0 Å². The molecule has 4 nitrogen and oxygen atoms in total. The molecule has 0 fully saturated rings. The third kappa shape index (κ3) is 3.09. The van der Waals surface area contributed by atoms with E-state index in [1.54, 1.807) is 13.0 Å². The summed E-state index contributed by atoms with van der Waals surface area (Å²) in [6.07, 6.45) is 0. The second-order valence-electron chi connectivity index (χ2n) is 4.13. The van der Waals surface area contributed by atoms with E-state index in [1.807, 2.05) is 0 Å². The summed E-state index contributed by atoms with van der Waals surface area (Å²) < 4.78 is 31.4. The lowest BCUT2D eigenvalue weighted by Crippen LogP contribution is -2.07. The summed E-state index contributed by atoms with van der Waals surface area (Å²) in [5, 5.41) is 9.01. The number of hydrogen-bond donors (Lipinski definition) is 1. The number of aromatic carboxylic acids is 1. The van der Waals surface area contributed by atoms with Gasteiger partial charge in [-0.1, -0.05) is 0 Å². The molecule has 0 aliphatic heterocycles. The minimum atomic E-state index is -1.23. The van der Waals surface area contributed by atoms with Gasteiger partial charge in [0.05, 0.1) is 0 Å². The third-order valence-electron chi connectivity index (χ3n) is 2.60. The molecule has 1 N–H and O–H groups in total. The number of hydrogen-bond acceptors (Lipinski definition) is 3. The molecule has 1 aromatic carbocycles. The average Bonchev–Trinajstić information content (AvgIpc) is 2.38. The molecule has 2 aromatic rings. The Hall–Kier alpha value is -2.50. The monoisotopic (exact) mass is 279 g/mol. The van der Waals surface area contributed by atoms with Gasteiger partial charge in [-0.25, -0.2) is 18.6 Å². The fourth-order valence-electron chi connectivity index (χ4n) is 1.61. The van der Waals surface area contributed by atoms with Crippen LogP contribution in [0.3, 0.4) is 0 Å². The van der Waals surface area contributed by atoms with E-state index in [-0.39, 0.29) is 23.6 Å². The van der Waals surface area contributed by atoms with E-state index in [9.17, 15) is 13.6 Å². The van der Waals surface area contributed by atoms with Crippen molar-refractivity contribution < 1.29 is 23.4 Å². The number of carboxylic acid groups (broad SMARTS) is 1. The summed E-state index contributed by atoms with van der Waals surface area (Å²) in [7, 11) is 0. The molecule has 2 rings (SSSR count). The molecule has 1 heterocycles. The Balaban J connectivity index is 2.20. The van der Waals surface area contributed by atoms with Crippen molar-refractivity contribution in [1.82, 2.24) is 4.98 Å². The van der Waals surface area contributed by atoms with E-state index in [2.05, 4.69) is 4.98 Å². The number of carbonyl (C=O) groups is 1. The van der Waals surface area contributed by atoms with Crippen molar-refractivity contribution in [2.24, 2.45) is 0 Å². The van der Waals surface area contributed by atoms with Crippen LogP contribution in [0.5, 0.6) is 5.75 Å². The van der Waals surface area contributed by atoms with Gasteiger partial charge in [0.15, 0.2) is 11.4 Å². The van der Waals surface area contributed by atoms with Crippen molar-refractivity contribution in [3.63, 3.8) is 0 Å². The molecule has 0 spiro atoms. The zero-order valence-corrected chi connectivity index (χ0v) is 10.6. The second kappa shape index (κ2) is 5.64. The lowest BCUT2D eigenvalue weighted by Gasteiger charge is -2.09. The van der Waals surface area contributed by atoms with Gasteiger partial charge >= 0.3 is 5.97 Å². The first-order valence-corrected chi connectivity index (χ1v) is 5.75. The Morgan fingerprint density at radius 1 is 1.30 bits per heavy atom. The van der Waals surface area contributed by atoms with Gasteiger partial charge in [-0.2, -0.15) is 0 Å². The van der Waals surface area contributed by atoms with Crippen molar-refractivity contribution >= 4 is 5.97 Å². The average molecular weight is 279 g/mol. The number of ether oxygens (including phenoxy) is 1.